The first-order chi connectivity index (χ1) is 7.50. The van der Waals surface area contributed by atoms with E-state index < -0.39 is 0 Å². The van der Waals surface area contributed by atoms with Gasteiger partial charge in [-0.3, -0.25) is 4.79 Å². The van der Waals surface area contributed by atoms with Gasteiger partial charge >= 0.3 is 0 Å². The third kappa shape index (κ3) is 3.31. The van der Waals surface area contributed by atoms with Crippen LogP contribution < -0.4 is 0 Å². The highest BCUT2D eigenvalue weighted by atomic mass is 16.3. The molecule has 1 aromatic rings. The molecule has 0 unspecified atom stereocenters. The Morgan fingerprint density at radius 1 is 1.44 bits per heavy atom. The highest BCUT2D eigenvalue weighted by molar-refractivity contribution is 6.12. The molecule has 1 N–H and O–H groups in total. The zero-order valence-electron chi connectivity index (χ0n) is 9.56. The van der Waals surface area contributed by atoms with Crippen molar-refractivity contribution in [2.24, 2.45) is 4.99 Å². The molecule has 0 amide bonds. The van der Waals surface area contributed by atoms with Crippen LogP contribution in [0.15, 0.2) is 34.7 Å². The van der Waals surface area contributed by atoms with Crippen molar-refractivity contribution in [1.82, 2.24) is 4.98 Å². The Morgan fingerprint density at radius 2 is 2.12 bits per heavy atom. The van der Waals surface area contributed by atoms with E-state index in [-0.39, 0.29) is 17.1 Å². The van der Waals surface area contributed by atoms with Gasteiger partial charge in [0.15, 0.2) is 11.6 Å². The lowest BCUT2D eigenvalue weighted by molar-refractivity contribution is -0.113. The van der Waals surface area contributed by atoms with Gasteiger partial charge in [-0.25, -0.2) is 9.98 Å². The number of nitrogens with zero attached hydrogens (tertiary/aromatic N) is 2. The predicted octanol–water partition coefficient (Wildman–Crippen LogP) is 2.51. The molecule has 0 aliphatic carbocycles. The Labute approximate surface area is 94.4 Å². The fraction of sp³-hybridized carbons (Fsp3) is 0.250. The van der Waals surface area contributed by atoms with Gasteiger partial charge in [-0.05, 0) is 32.4 Å². The van der Waals surface area contributed by atoms with E-state index >= 15 is 0 Å². The van der Waals surface area contributed by atoms with Crippen molar-refractivity contribution in [2.75, 3.05) is 0 Å². The number of hydrogen-bond acceptors (Lipinski definition) is 4. The van der Waals surface area contributed by atoms with Crippen LogP contribution in [0.3, 0.4) is 0 Å². The second-order valence-electron chi connectivity index (χ2n) is 3.51. The number of aryl methyl sites for hydroxylation is 1. The molecular weight excluding hydrogens is 204 g/mol. The molecule has 0 radical (unpaired) electrons. The molecule has 0 spiro atoms. The van der Waals surface area contributed by atoms with Crippen LogP contribution in [-0.4, -0.2) is 22.1 Å². The zero-order valence-corrected chi connectivity index (χ0v) is 9.56. The lowest BCUT2D eigenvalue weighted by atomic mass is 10.2. The Bertz CT molecular complexity index is 441. The van der Waals surface area contributed by atoms with E-state index in [1.807, 2.05) is 13.0 Å². The van der Waals surface area contributed by atoms with E-state index in [9.17, 15) is 9.90 Å². The van der Waals surface area contributed by atoms with E-state index in [1.165, 1.54) is 20.1 Å². The highest BCUT2D eigenvalue weighted by Gasteiger charge is 2.04. The Morgan fingerprint density at radius 3 is 2.56 bits per heavy atom. The summed E-state index contributed by atoms with van der Waals surface area (Å²) in [5.74, 6) is 0.241. The summed E-state index contributed by atoms with van der Waals surface area (Å²) in [6.45, 7) is 4.76. The fourth-order valence-electron chi connectivity index (χ4n) is 1.11. The van der Waals surface area contributed by atoms with Crippen molar-refractivity contribution in [3.05, 3.63) is 35.2 Å². The van der Waals surface area contributed by atoms with Gasteiger partial charge in [0.05, 0.1) is 5.57 Å². The van der Waals surface area contributed by atoms with Crippen molar-refractivity contribution >= 4 is 17.8 Å². The van der Waals surface area contributed by atoms with Gasteiger partial charge in [0, 0.05) is 12.4 Å². The van der Waals surface area contributed by atoms with Gasteiger partial charge in [0.2, 0.25) is 0 Å². The number of aliphatic hydroxyl groups is 1. The molecule has 0 saturated heterocycles. The summed E-state index contributed by atoms with van der Waals surface area (Å²) in [5, 5.41) is 9.25. The Kier molecular flexibility index (Phi) is 3.94. The summed E-state index contributed by atoms with van der Waals surface area (Å²) in [6.07, 6.45) is 3.02. The van der Waals surface area contributed by atoms with Crippen LogP contribution in [0.25, 0.3) is 0 Å². The largest absolute Gasteiger partial charge is 0.512 e. The third-order valence-electron chi connectivity index (χ3n) is 1.99. The summed E-state index contributed by atoms with van der Waals surface area (Å²) >= 11 is 0. The Balaban J connectivity index is 2.92. The van der Waals surface area contributed by atoms with Crippen molar-refractivity contribution in [3.63, 3.8) is 0 Å². The quantitative estimate of drug-likeness (QED) is 0.481. The van der Waals surface area contributed by atoms with Crippen molar-refractivity contribution in [3.8, 4) is 0 Å². The number of rotatable bonds is 3. The molecule has 1 heterocycles. The van der Waals surface area contributed by atoms with E-state index in [2.05, 4.69) is 9.98 Å². The maximum Gasteiger partial charge on any atom is 0.164 e. The van der Waals surface area contributed by atoms with Gasteiger partial charge in [0.1, 0.15) is 5.76 Å². The molecule has 0 bridgehead atoms. The number of ketones is 1. The first-order valence-electron chi connectivity index (χ1n) is 4.88. The van der Waals surface area contributed by atoms with E-state index in [0.29, 0.717) is 5.82 Å². The van der Waals surface area contributed by atoms with Gasteiger partial charge < -0.3 is 5.11 Å². The molecule has 0 aliphatic heterocycles. The molecule has 0 aromatic carbocycles. The normalized spacial score (nSPS) is 12.7. The minimum atomic E-state index is -0.226. The highest BCUT2D eigenvalue weighted by Crippen LogP contribution is 2.09. The number of pyridine rings is 1. The molecule has 84 valence electrons. The van der Waals surface area contributed by atoms with Crippen molar-refractivity contribution < 1.29 is 9.90 Å². The monoisotopic (exact) mass is 218 g/mol. The van der Waals surface area contributed by atoms with Crippen LogP contribution in [0.5, 0.6) is 0 Å². The Hall–Kier alpha value is -1.97. The van der Waals surface area contributed by atoms with E-state index in [1.54, 1.807) is 12.3 Å². The van der Waals surface area contributed by atoms with Crippen LogP contribution in [0.4, 0.5) is 5.82 Å². The molecule has 0 saturated carbocycles. The number of carbonyl (C=O) groups is 1. The van der Waals surface area contributed by atoms with Crippen LogP contribution in [-0.2, 0) is 4.79 Å². The zero-order chi connectivity index (χ0) is 12.1. The van der Waals surface area contributed by atoms with Crippen LogP contribution in [0.2, 0.25) is 0 Å². The van der Waals surface area contributed by atoms with Crippen LogP contribution >= 0.6 is 0 Å². The summed E-state index contributed by atoms with van der Waals surface area (Å²) in [7, 11) is 0. The maximum absolute atomic E-state index is 11.1. The molecule has 0 atom stereocenters. The number of aromatic nitrogens is 1. The van der Waals surface area contributed by atoms with Gasteiger partial charge in [-0.1, -0.05) is 6.07 Å². The smallest absolute Gasteiger partial charge is 0.164 e. The predicted molar refractivity (Wildman–Crippen MR) is 63.1 cm³/mol. The van der Waals surface area contributed by atoms with Gasteiger partial charge in [0.25, 0.3) is 0 Å². The first kappa shape index (κ1) is 12.1. The number of allylic oxidation sites excluding steroid dienone is 2. The van der Waals surface area contributed by atoms with Gasteiger partial charge in [-0.15, -0.1) is 0 Å². The minimum Gasteiger partial charge on any atom is -0.512 e. The molecule has 4 nitrogen and oxygen atoms in total. The number of carbonyl (C=O) groups excluding carboxylic acids is 1. The molecule has 4 heteroatoms. The van der Waals surface area contributed by atoms with E-state index in [4.69, 9.17) is 0 Å². The average Bonchev–Trinajstić information content (AvgIpc) is 2.20. The fourth-order valence-corrected chi connectivity index (χ4v) is 1.11. The molecular formula is C12H14N2O2. The number of aliphatic hydroxyl groups excluding tert-OH is 1. The maximum atomic E-state index is 11.1. The molecule has 1 rings (SSSR count). The van der Waals surface area contributed by atoms with Crippen molar-refractivity contribution in [1.29, 1.82) is 0 Å². The number of aliphatic imine (C=N–C) groups is 1. The summed E-state index contributed by atoms with van der Waals surface area (Å²) in [6, 6.07) is 3.62. The minimum absolute atomic E-state index is 0.0386. The summed E-state index contributed by atoms with van der Waals surface area (Å²) in [5.41, 5.74) is 1.24. The number of Topliss-reactive ketones (excluding diaryl/α,β-unsaturated/α-hetero) is 1. The molecule has 16 heavy (non-hydrogen) atoms. The molecule has 1 aromatic heterocycles. The molecule has 0 aliphatic rings. The summed E-state index contributed by atoms with van der Waals surface area (Å²) < 4.78 is 0. The second-order valence-corrected chi connectivity index (χ2v) is 3.51. The lowest BCUT2D eigenvalue weighted by Crippen LogP contribution is -2.01. The van der Waals surface area contributed by atoms with Crippen molar-refractivity contribution in [2.45, 2.75) is 20.8 Å². The average molecular weight is 218 g/mol. The SMILES string of the molecule is CC(=O)/C(C=Nc1ccc(C)cn1)=C(\C)O. The summed E-state index contributed by atoms with van der Waals surface area (Å²) in [4.78, 5) is 19.2. The van der Waals surface area contributed by atoms with Crippen LogP contribution in [0.1, 0.15) is 19.4 Å². The third-order valence-corrected chi connectivity index (χ3v) is 1.99. The van der Waals surface area contributed by atoms with Gasteiger partial charge in [-0.2, -0.15) is 0 Å². The number of hydrogen-bond donors (Lipinski definition) is 1. The van der Waals surface area contributed by atoms with E-state index in [0.717, 1.165) is 5.56 Å². The first-order valence-corrected chi connectivity index (χ1v) is 4.88. The van der Waals surface area contributed by atoms with Crippen LogP contribution in [0, 0.1) is 6.92 Å². The lowest BCUT2D eigenvalue weighted by Gasteiger charge is -1.97. The topological polar surface area (TPSA) is 62.5 Å². The second kappa shape index (κ2) is 5.21. The molecule has 0 fully saturated rings. The standard InChI is InChI=1S/C12H14N2O2/c1-8-4-5-12(13-6-8)14-7-11(9(2)15)10(3)16/h4-7,15H,1-3H3/b11-9+,14-7?.